The standard InChI is InChI=1S/C10H13N3O4/c1-7-5-11-9(4-8(7)13(15)16)12(2)6-10(14)17-3/h4-5H,6H2,1-3H3. The van der Waals surface area contributed by atoms with E-state index in [0.717, 1.165) is 0 Å². The number of hydrogen-bond donors (Lipinski definition) is 0. The number of methoxy groups -OCH3 is 1. The average Bonchev–Trinajstić information content (AvgIpc) is 2.28. The Balaban J connectivity index is 2.95. The number of rotatable bonds is 4. The van der Waals surface area contributed by atoms with Gasteiger partial charge in [0.15, 0.2) is 0 Å². The van der Waals surface area contributed by atoms with Crippen molar-refractivity contribution in [1.82, 2.24) is 4.98 Å². The first kappa shape index (κ1) is 12.9. The molecule has 1 heterocycles. The van der Waals surface area contributed by atoms with Crippen molar-refractivity contribution >= 4 is 17.5 Å². The first-order valence-electron chi connectivity index (χ1n) is 4.84. The molecule has 7 nitrogen and oxygen atoms in total. The summed E-state index contributed by atoms with van der Waals surface area (Å²) >= 11 is 0. The number of carbonyl (C=O) groups is 1. The second kappa shape index (κ2) is 5.24. The highest BCUT2D eigenvalue weighted by Crippen LogP contribution is 2.21. The van der Waals surface area contributed by atoms with Crippen molar-refractivity contribution in [2.45, 2.75) is 6.92 Å². The van der Waals surface area contributed by atoms with Crippen LogP contribution >= 0.6 is 0 Å². The van der Waals surface area contributed by atoms with Crippen LogP contribution in [0.25, 0.3) is 0 Å². The Morgan fingerprint density at radius 1 is 1.65 bits per heavy atom. The number of hydrogen-bond acceptors (Lipinski definition) is 6. The van der Waals surface area contributed by atoms with Gasteiger partial charge in [-0.05, 0) is 6.92 Å². The zero-order chi connectivity index (χ0) is 13.0. The molecule has 0 atom stereocenters. The first-order chi connectivity index (χ1) is 7.95. The molecular formula is C10H13N3O4. The molecule has 92 valence electrons. The Kier molecular flexibility index (Phi) is 3.97. The number of esters is 1. The number of carbonyl (C=O) groups excluding carboxylic acids is 1. The van der Waals surface area contributed by atoms with Crippen molar-refractivity contribution in [2.24, 2.45) is 0 Å². The summed E-state index contributed by atoms with van der Waals surface area (Å²) in [6, 6.07) is 1.33. The van der Waals surface area contributed by atoms with Gasteiger partial charge < -0.3 is 9.64 Å². The van der Waals surface area contributed by atoms with E-state index < -0.39 is 10.9 Å². The highest BCUT2D eigenvalue weighted by atomic mass is 16.6. The zero-order valence-corrected chi connectivity index (χ0v) is 9.84. The lowest BCUT2D eigenvalue weighted by molar-refractivity contribution is -0.385. The van der Waals surface area contributed by atoms with E-state index in [1.165, 1.54) is 24.3 Å². The molecule has 0 aromatic carbocycles. The maximum Gasteiger partial charge on any atom is 0.325 e. The summed E-state index contributed by atoms with van der Waals surface area (Å²) < 4.78 is 4.50. The third kappa shape index (κ3) is 3.13. The van der Waals surface area contributed by atoms with Crippen LogP contribution in [0.15, 0.2) is 12.3 Å². The molecule has 0 N–H and O–H groups in total. The number of aryl methyl sites for hydroxylation is 1. The third-order valence-corrected chi connectivity index (χ3v) is 2.24. The molecule has 1 aromatic rings. The Hall–Kier alpha value is -2.18. The quantitative estimate of drug-likeness (QED) is 0.441. The van der Waals surface area contributed by atoms with E-state index in [-0.39, 0.29) is 12.2 Å². The highest BCUT2D eigenvalue weighted by Gasteiger charge is 2.15. The van der Waals surface area contributed by atoms with E-state index in [2.05, 4.69) is 9.72 Å². The lowest BCUT2D eigenvalue weighted by atomic mass is 10.2. The average molecular weight is 239 g/mol. The molecular weight excluding hydrogens is 226 g/mol. The van der Waals surface area contributed by atoms with Gasteiger partial charge in [-0.1, -0.05) is 0 Å². The number of ether oxygens (including phenoxy) is 1. The van der Waals surface area contributed by atoms with Gasteiger partial charge in [-0.15, -0.1) is 0 Å². The van der Waals surface area contributed by atoms with E-state index in [4.69, 9.17) is 0 Å². The van der Waals surface area contributed by atoms with Crippen molar-refractivity contribution in [1.29, 1.82) is 0 Å². The van der Waals surface area contributed by atoms with Gasteiger partial charge in [-0.2, -0.15) is 0 Å². The van der Waals surface area contributed by atoms with Gasteiger partial charge in [0.2, 0.25) is 0 Å². The van der Waals surface area contributed by atoms with Crippen LogP contribution in [0.2, 0.25) is 0 Å². The Morgan fingerprint density at radius 2 is 2.29 bits per heavy atom. The fourth-order valence-electron chi connectivity index (χ4n) is 1.25. The fourth-order valence-corrected chi connectivity index (χ4v) is 1.25. The topological polar surface area (TPSA) is 85.6 Å². The number of anilines is 1. The molecule has 1 rings (SSSR count). The SMILES string of the molecule is COC(=O)CN(C)c1cc([N+](=O)[O-])c(C)cn1. The van der Waals surface area contributed by atoms with E-state index in [1.54, 1.807) is 14.0 Å². The molecule has 0 bridgehead atoms. The number of pyridine rings is 1. The van der Waals surface area contributed by atoms with Crippen molar-refractivity contribution in [3.8, 4) is 0 Å². The summed E-state index contributed by atoms with van der Waals surface area (Å²) in [6.45, 7) is 1.60. The minimum absolute atomic E-state index is 0.0102. The summed E-state index contributed by atoms with van der Waals surface area (Å²) in [4.78, 5) is 26.8. The zero-order valence-electron chi connectivity index (χ0n) is 9.84. The van der Waals surface area contributed by atoms with Crippen molar-refractivity contribution in [2.75, 3.05) is 25.6 Å². The number of nitrogens with zero attached hydrogens (tertiary/aromatic N) is 3. The Bertz CT molecular complexity index is 447. The molecule has 1 aromatic heterocycles. The van der Waals surface area contributed by atoms with Crippen LogP contribution in [-0.2, 0) is 9.53 Å². The minimum Gasteiger partial charge on any atom is -0.468 e. The van der Waals surface area contributed by atoms with Crippen LogP contribution in [0.4, 0.5) is 11.5 Å². The Labute approximate surface area is 98.2 Å². The summed E-state index contributed by atoms with van der Waals surface area (Å²) in [7, 11) is 2.89. The molecule has 0 spiro atoms. The second-order valence-electron chi connectivity index (χ2n) is 3.52. The molecule has 0 aliphatic heterocycles. The molecule has 0 saturated carbocycles. The maximum atomic E-state index is 11.1. The summed E-state index contributed by atoms with van der Waals surface area (Å²) in [5.74, 6) is -0.0785. The minimum atomic E-state index is -0.480. The van der Waals surface area contributed by atoms with Gasteiger partial charge in [0, 0.05) is 18.8 Å². The number of nitro groups is 1. The van der Waals surface area contributed by atoms with E-state index in [9.17, 15) is 14.9 Å². The smallest absolute Gasteiger partial charge is 0.325 e. The lowest BCUT2D eigenvalue weighted by Gasteiger charge is -2.16. The molecule has 17 heavy (non-hydrogen) atoms. The fraction of sp³-hybridized carbons (Fsp3) is 0.400. The number of aromatic nitrogens is 1. The van der Waals surface area contributed by atoms with Crippen LogP contribution < -0.4 is 4.90 Å². The summed E-state index contributed by atoms with van der Waals surface area (Å²) in [5.41, 5.74) is 0.455. The maximum absolute atomic E-state index is 11.1. The van der Waals surface area contributed by atoms with Gasteiger partial charge in [0.25, 0.3) is 5.69 Å². The molecule has 0 aliphatic rings. The predicted molar refractivity (Wildman–Crippen MR) is 60.9 cm³/mol. The van der Waals surface area contributed by atoms with Crippen LogP contribution in [0.1, 0.15) is 5.56 Å². The van der Waals surface area contributed by atoms with Gasteiger partial charge in [0.1, 0.15) is 12.4 Å². The normalized spacial score (nSPS) is 9.82. The first-order valence-corrected chi connectivity index (χ1v) is 4.84. The third-order valence-electron chi connectivity index (χ3n) is 2.24. The van der Waals surface area contributed by atoms with E-state index in [0.29, 0.717) is 11.4 Å². The van der Waals surface area contributed by atoms with Crippen LogP contribution in [0, 0.1) is 17.0 Å². The van der Waals surface area contributed by atoms with Gasteiger partial charge in [-0.3, -0.25) is 14.9 Å². The molecule has 0 aliphatic carbocycles. The monoisotopic (exact) mass is 239 g/mol. The molecule has 0 radical (unpaired) electrons. The highest BCUT2D eigenvalue weighted by molar-refractivity contribution is 5.75. The lowest BCUT2D eigenvalue weighted by Crippen LogP contribution is -2.27. The summed E-state index contributed by atoms with van der Waals surface area (Å²) in [6.07, 6.45) is 1.40. The van der Waals surface area contributed by atoms with Crippen molar-refractivity contribution < 1.29 is 14.5 Å². The molecule has 7 heteroatoms. The van der Waals surface area contributed by atoms with Crippen LogP contribution in [0.3, 0.4) is 0 Å². The van der Waals surface area contributed by atoms with Crippen molar-refractivity contribution in [3.05, 3.63) is 27.9 Å². The van der Waals surface area contributed by atoms with E-state index >= 15 is 0 Å². The van der Waals surface area contributed by atoms with Gasteiger partial charge >= 0.3 is 5.97 Å². The molecule has 0 saturated heterocycles. The number of likely N-dealkylation sites (N-methyl/N-ethyl adjacent to an activating group) is 1. The Morgan fingerprint density at radius 3 is 2.82 bits per heavy atom. The van der Waals surface area contributed by atoms with Gasteiger partial charge in [-0.25, -0.2) is 4.98 Å². The second-order valence-corrected chi connectivity index (χ2v) is 3.52. The van der Waals surface area contributed by atoms with E-state index in [1.807, 2.05) is 0 Å². The predicted octanol–water partition coefficient (Wildman–Crippen LogP) is 0.907. The van der Waals surface area contributed by atoms with Crippen LogP contribution in [0.5, 0.6) is 0 Å². The molecule has 0 unspecified atom stereocenters. The molecule has 0 fully saturated rings. The van der Waals surface area contributed by atoms with Gasteiger partial charge in [0.05, 0.1) is 18.1 Å². The van der Waals surface area contributed by atoms with Crippen LogP contribution in [-0.4, -0.2) is 36.6 Å². The van der Waals surface area contributed by atoms with Crippen molar-refractivity contribution in [3.63, 3.8) is 0 Å². The summed E-state index contributed by atoms with van der Waals surface area (Å²) in [5, 5.41) is 10.7. The largest absolute Gasteiger partial charge is 0.468 e. The molecule has 0 amide bonds.